The molecule has 1 aliphatic rings. The normalized spacial score (nSPS) is 15.8. The van der Waals surface area contributed by atoms with Crippen LogP contribution in [0.1, 0.15) is 45.2 Å². The number of nitrogens with zero attached hydrogens (tertiary/aromatic N) is 2. The largest absolute Gasteiger partial charge is 0.497 e. The van der Waals surface area contributed by atoms with Crippen LogP contribution in [-0.4, -0.2) is 63.6 Å². The van der Waals surface area contributed by atoms with Crippen LogP contribution in [0.5, 0.6) is 5.75 Å². The van der Waals surface area contributed by atoms with Crippen molar-refractivity contribution in [3.05, 3.63) is 29.8 Å². The lowest BCUT2D eigenvalue weighted by molar-refractivity contribution is -0.128. The average Bonchev–Trinajstić information content (AvgIpc) is 3.23. The fraction of sp³-hybridized carbons (Fsp3) is 0.636. The Morgan fingerprint density at radius 2 is 1.70 bits per heavy atom. The summed E-state index contributed by atoms with van der Waals surface area (Å²) in [7, 11) is 3.45. The third-order valence-electron chi connectivity index (χ3n) is 5.15. The molecule has 1 saturated heterocycles. The van der Waals surface area contributed by atoms with Gasteiger partial charge in [-0.05, 0) is 43.6 Å². The van der Waals surface area contributed by atoms with E-state index < -0.39 is 0 Å². The molecule has 0 saturated carbocycles. The highest BCUT2D eigenvalue weighted by atomic mass is 127. The summed E-state index contributed by atoms with van der Waals surface area (Å²) in [6.07, 6.45) is 2.49. The molecule has 0 bridgehead atoms. The maximum atomic E-state index is 11.9. The van der Waals surface area contributed by atoms with Crippen LogP contribution >= 0.6 is 24.0 Å². The van der Waals surface area contributed by atoms with E-state index in [-0.39, 0.29) is 41.3 Å². The zero-order valence-corrected chi connectivity index (χ0v) is 21.3. The minimum Gasteiger partial charge on any atom is -0.497 e. The van der Waals surface area contributed by atoms with Crippen molar-refractivity contribution >= 4 is 35.8 Å². The van der Waals surface area contributed by atoms with Crippen molar-refractivity contribution in [3.8, 4) is 5.75 Å². The molecule has 3 N–H and O–H groups in total. The van der Waals surface area contributed by atoms with Crippen LogP contribution in [0.4, 0.5) is 0 Å². The lowest BCUT2D eigenvalue weighted by Crippen LogP contribution is -2.45. The summed E-state index contributed by atoms with van der Waals surface area (Å²) in [6, 6.07) is 8.60. The van der Waals surface area contributed by atoms with Crippen molar-refractivity contribution in [1.82, 2.24) is 20.9 Å². The number of hydrogen-bond acceptors (Lipinski definition) is 4. The SMILES string of the molecule is CN=C(NCCNC(=O)C(C)(C)C)NCC(c1ccc(OC)cc1)N1CCCC1.I. The van der Waals surface area contributed by atoms with Gasteiger partial charge in [-0.25, -0.2) is 0 Å². The first-order valence-corrected chi connectivity index (χ1v) is 10.5. The number of aliphatic imine (C=N–C) groups is 1. The van der Waals surface area contributed by atoms with Gasteiger partial charge in [-0.3, -0.25) is 14.7 Å². The zero-order chi connectivity index (χ0) is 21.3. The molecule has 0 aromatic heterocycles. The molecule has 1 heterocycles. The Kier molecular flexibility index (Phi) is 11.5. The molecule has 2 rings (SSSR count). The Hall–Kier alpha value is -1.55. The molecule has 0 aliphatic carbocycles. The molecule has 1 amide bonds. The van der Waals surface area contributed by atoms with Gasteiger partial charge >= 0.3 is 0 Å². The number of rotatable bonds is 8. The smallest absolute Gasteiger partial charge is 0.225 e. The summed E-state index contributed by atoms with van der Waals surface area (Å²) in [6.45, 7) is 9.91. The Morgan fingerprint density at radius 1 is 1.10 bits per heavy atom. The first-order chi connectivity index (χ1) is 13.8. The monoisotopic (exact) mass is 531 g/mol. The van der Waals surface area contributed by atoms with Gasteiger partial charge in [-0.2, -0.15) is 0 Å². The number of halogens is 1. The fourth-order valence-corrected chi connectivity index (χ4v) is 3.37. The van der Waals surface area contributed by atoms with Gasteiger partial charge in [-0.1, -0.05) is 32.9 Å². The second-order valence-corrected chi connectivity index (χ2v) is 8.42. The van der Waals surface area contributed by atoms with Crippen LogP contribution in [0.25, 0.3) is 0 Å². The third-order valence-corrected chi connectivity index (χ3v) is 5.15. The van der Waals surface area contributed by atoms with Gasteiger partial charge in [0, 0.05) is 32.1 Å². The maximum absolute atomic E-state index is 11.9. The highest BCUT2D eigenvalue weighted by Crippen LogP contribution is 2.26. The number of benzene rings is 1. The summed E-state index contributed by atoms with van der Waals surface area (Å²) in [5.74, 6) is 1.67. The number of carbonyl (C=O) groups is 1. The first-order valence-electron chi connectivity index (χ1n) is 10.5. The van der Waals surface area contributed by atoms with Crippen LogP contribution in [0.3, 0.4) is 0 Å². The second-order valence-electron chi connectivity index (χ2n) is 8.42. The molecule has 7 nitrogen and oxygen atoms in total. The highest BCUT2D eigenvalue weighted by Gasteiger charge is 2.24. The molecule has 1 unspecified atom stereocenters. The van der Waals surface area contributed by atoms with Gasteiger partial charge in [0.1, 0.15) is 5.75 Å². The van der Waals surface area contributed by atoms with Crippen molar-refractivity contribution in [2.24, 2.45) is 10.4 Å². The van der Waals surface area contributed by atoms with Gasteiger partial charge in [0.05, 0.1) is 13.2 Å². The number of ether oxygens (including phenoxy) is 1. The minimum absolute atomic E-state index is 0. The Balaban J connectivity index is 0.00000450. The summed E-state index contributed by atoms with van der Waals surface area (Å²) < 4.78 is 5.29. The fourth-order valence-electron chi connectivity index (χ4n) is 3.37. The van der Waals surface area contributed by atoms with Gasteiger partial charge in [0.25, 0.3) is 0 Å². The number of hydrogen-bond donors (Lipinski definition) is 3. The van der Waals surface area contributed by atoms with Gasteiger partial charge < -0.3 is 20.7 Å². The topological polar surface area (TPSA) is 78.0 Å². The Morgan fingerprint density at radius 3 is 2.23 bits per heavy atom. The second kappa shape index (κ2) is 13.0. The number of likely N-dealkylation sites (tertiary alicyclic amines) is 1. The first kappa shape index (κ1) is 26.5. The van der Waals surface area contributed by atoms with Crippen LogP contribution in [0.15, 0.2) is 29.3 Å². The lowest BCUT2D eigenvalue weighted by Gasteiger charge is -2.29. The highest BCUT2D eigenvalue weighted by molar-refractivity contribution is 14.0. The van der Waals surface area contributed by atoms with Crippen molar-refractivity contribution in [2.75, 3.05) is 46.9 Å². The molecule has 1 aliphatic heterocycles. The van der Waals surface area contributed by atoms with E-state index in [2.05, 4.69) is 38.0 Å². The van der Waals surface area contributed by atoms with Crippen LogP contribution in [0, 0.1) is 5.41 Å². The van der Waals surface area contributed by atoms with E-state index in [1.165, 1.54) is 18.4 Å². The molecule has 170 valence electrons. The molecule has 1 aromatic rings. The predicted molar refractivity (Wildman–Crippen MR) is 134 cm³/mol. The summed E-state index contributed by atoms with van der Waals surface area (Å²) in [5.41, 5.74) is 0.898. The molecular weight excluding hydrogens is 493 g/mol. The van der Waals surface area contributed by atoms with Crippen LogP contribution < -0.4 is 20.7 Å². The summed E-state index contributed by atoms with van der Waals surface area (Å²) in [5, 5.41) is 9.67. The number of carbonyl (C=O) groups excluding carboxylic acids is 1. The number of methoxy groups -OCH3 is 1. The molecule has 1 atom stereocenters. The Bertz CT molecular complexity index is 667. The standard InChI is InChI=1S/C22H37N5O2.HI/c1-22(2,3)20(28)24-12-13-25-21(23-4)26-16-19(27-14-6-7-15-27)17-8-10-18(29-5)11-9-17;/h8-11,19H,6-7,12-16H2,1-5H3,(H,24,28)(H2,23,25,26);1H. The van der Waals surface area contributed by atoms with E-state index in [0.717, 1.165) is 31.3 Å². The molecule has 30 heavy (non-hydrogen) atoms. The van der Waals surface area contributed by atoms with E-state index in [1.54, 1.807) is 14.2 Å². The maximum Gasteiger partial charge on any atom is 0.225 e. The van der Waals surface area contributed by atoms with Crippen molar-refractivity contribution < 1.29 is 9.53 Å². The summed E-state index contributed by atoms with van der Waals surface area (Å²) in [4.78, 5) is 18.8. The van der Waals surface area contributed by atoms with Crippen LogP contribution in [0.2, 0.25) is 0 Å². The zero-order valence-electron chi connectivity index (χ0n) is 19.0. The van der Waals surface area contributed by atoms with Crippen molar-refractivity contribution in [3.63, 3.8) is 0 Å². The average molecular weight is 531 g/mol. The molecular formula is C22H38IN5O2. The summed E-state index contributed by atoms with van der Waals surface area (Å²) >= 11 is 0. The number of nitrogens with one attached hydrogen (secondary N) is 3. The van der Waals surface area contributed by atoms with Gasteiger partial charge in [0.15, 0.2) is 5.96 Å². The van der Waals surface area contributed by atoms with Gasteiger partial charge in [-0.15, -0.1) is 24.0 Å². The molecule has 1 fully saturated rings. The number of guanidine groups is 1. The van der Waals surface area contributed by atoms with Gasteiger partial charge in [0.2, 0.25) is 5.91 Å². The quantitative estimate of drug-likeness (QED) is 0.208. The number of amides is 1. The van der Waals surface area contributed by atoms with E-state index in [4.69, 9.17) is 4.74 Å². The molecule has 1 aromatic carbocycles. The molecule has 8 heteroatoms. The van der Waals surface area contributed by atoms with E-state index in [0.29, 0.717) is 13.1 Å². The van der Waals surface area contributed by atoms with Crippen LogP contribution in [-0.2, 0) is 4.79 Å². The molecule has 0 spiro atoms. The van der Waals surface area contributed by atoms with E-state index >= 15 is 0 Å². The van der Waals surface area contributed by atoms with E-state index in [9.17, 15) is 4.79 Å². The minimum atomic E-state index is -0.374. The molecule has 0 radical (unpaired) electrons. The Labute approximate surface area is 198 Å². The lowest BCUT2D eigenvalue weighted by atomic mass is 9.96. The predicted octanol–water partition coefficient (Wildman–Crippen LogP) is 2.78. The van der Waals surface area contributed by atoms with Crippen molar-refractivity contribution in [1.29, 1.82) is 0 Å². The van der Waals surface area contributed by atoms with Crippen molar-refractivity contribution in [2.45, 2.75) is 39.7 Å². The van der Waals surface area contributed by atoms with E-state index in [1.807, 2.05) is 32.9 Å². The third kappa shape index (κ3) is 8.29.